The Balaban J connectivity index is 4.25. The largest absolute Gasteiger partial charge is 0.444 e. The van der Waals surface area contributed by atoms with E-state index < -0.39 is 23.8 Å². The first-order valence-electron chi connectivity index (χ1n) is 5.92. The first kappa shape index (κ1) is 16.2. The summed E-state index contributed by atoms with van der Waals surface area (Å²) in [6, 6.07) is -0.465. The zero-order chi connectivity index (χ0) is 13.8. The van der Waals surface area contributed by atoms with Crippen LogP contribution in [0.2, 0.25) is 0 Å². The Morgan fingerprint density at radius 1 is 1.41 bits per heavy atom. The quantitative estimate of drug-likeness (QED) is 0.781. The van der Waals surface area contributed by atoms with Crippen molar-refractivity contribution in [3.8, 4) is 0 Å². The van der Waals surface area contributed by atoms with Crippen LogP contribution in [0.15, 0.2) is 0 Å². The third-order valence-corrected chi connectivity index (χ3v) is 2.31. The lowest BCUT2D eigenvalue weighted by atomic mass is 10.0. The van der Waals surface area contributed by atoms with E-state index >= 15 is 0 Å². The highest BCUT2D eigenvalue weighted by Gasteiger charge is 2.24. The first-order chi connectivity index (χ1) is 7.54. The van der Waals surface area contributed by atoms with Crippen LogP contribution in [0.25, 0.3) is 0 Å². The van der Waals surface area contributed by atoms with E-state index in [-0.39, 0.29) is 12.5 Å². The van der Waals surface area contributed by atoms with Crippen molar-refractivity contribution >= 4 is 6.09 Å². The van der Waals surface area contributed by atoms with Crippen LogP contribution in [-0.2, 0) is 4.74 Å². The molecule has 102 valence electrons. The number of aliphatic hydroxyl groups excluding tert-OH is 1. The molecule has 1 amide bonds. The van der Waals surface area contributed by atoms with Gasteiger partial charge in [-0.25, -0.2) is 4.79 Å². The molecule has 0 unspecified atom stereocenters. The minimum absolute atomic E-state index is 0.0667. The molecule has 0 aromatic heterocycles. The molecule has 0 fully saturated rings. The molecule has 17 heavy (non-hydrogen) atoms. The van der Waals surface area contributed by atoms with Crippen LogP contribution in [-0.4, -0.2) is 47.4 Å². The van der Waals surface area contributed by atoms with Crippen LogP contribution in [0.1, 0.15) is 34.6 Å². The maximum Gasteiger partial charge on any atom is 0.410 e. The number of nitrogens with zero attached hydrogens (tertiary/aromatic N) is 1. The summed E-state index contributed by atoms with van der Waals surface area (Å²) < 4.78 is 5.19. The summed E-state index contributed by atoms with van der Waals surface area (Å²) in [7, 11) is 1.61. The lowest BCUT2D eigenvalue weighted by molar-refractivity contribution is 0.0227. The third-order valence-electron chi connectivity index (χ3n) is 2.31. The number of likely N-dealkylation sites (N-methyl/N-ethyl adjacent to an activating group) is 1. The number of nitrogens with two attached hydrogens (primary N) is 1. The third kappa shape index (κ3) is 6.48. The summed E-state index contributed by atoms with van der Waals surface area (Å²) in [5.41, 5.74) is 5.30. The van der Waals surface area contributed by atoms with Gasteiger partial charge in [0.25, 0.3) is 0 Å². The molecular formula is C12H26N2O3. The van der Waals surface area contributed by atoms with Gasteiger partial charge in [-0.15, -0.1) is 0 Å². The zero-order valence-electron chi connectivity index (χ0n) is 11.7. The second-order valence-electron chi connectivity index (χ2n) is 5.76. The molecule has 0 rings (SSSR count). The topological polar surface area (TPSA) is 75.8 Å². The summed E-state index contributed by atoms with van der Waals surface area (Å²) in [5, 5.41) is 9.75. The molecule has 0 aliphatic rings. The predicted octanol–water partition coefficient (Wildman–Crippen LogP) is 1.20. The van der Waals surface area contributed by atoms with Gasteiger partial charge >= 0.3 is 6.09 Å². The summed E-state index contributed by atoms with van der Waals surface area (Å²) in [6.07, 6.45) is -1.05. The highest BCUT2D eigenvalue weighted by molar-refractivity contribution is 5.67. The Hall–Kier alpha value is -0.810. The van der Waals surface area contributed by atoms with Gasteiger partial charge in [0.1, 0.15) is 5.60 Å². The van der Waals surface area contributed by atoms with Gasteiger partial charge in [0, 0.05) is 19.6 Å². The number of amides is 1. The van der Waals surface area contributed by atoms with E-state index in [4.69, 9.17) is 10.5 Å². The van der Waals surface area contributed by atoms with E-state index in [0.29, 0.717) is 0 Å². The molecule has 5 heteroatoms. The van der Waals surface area contributed by atoms with Gasteiger partial charge in [0.15, 0.2) is 0 Å². The second kappa shape index (κ2) is 6.21. The number of carbonyl (C=O) groups excluding carboxylic acids is 1. The van der Waals surface area contributed by atoms with Crippen molar-refractivity contribution in [1.82, 2.24) is 4.90 Å². The van der Waals surface area contributed by atoms with Gasteiger partial charge in [0.2, 0.25) is 0 Å². The SMILES string of the molecule is CC(C)[C@H](O)[C@H](N)CN(C)C(=O)OC(C)(C)C. The molecule has 0 aromatic carbocycles. The van der Waals surface area contributed by atoms with Crippen LogP contribution in [0.5, 0.6) is 0 Å². The van der Waals surface area contributed by atoms with E-state index in [1.54, 1.807) is 7.05 Å². The number of hydrogen-bond acceptors (Lipinski definition) is 4. The van der Waals surface area contributed by atoms with E-state index in [1.165, 1.54) is 4.90 Å². The average Bonchev–Trinajstić information content (AvgIpc) is 2.13. The standard InChI is InChI=1S/C12H26N2O3/c1-8(2)10(15)9(13)7-14(6)11(16)17-12(3,4)5/h8-10,15H,7,13H2,1-6H3/t9-,10+/m1/s1. The number of rotatable bonds is 4. The summed E-state index contributed by atoms with van der Waals surface area (Å²) >= 11 is 0. The van der Waals surface area contributed by atoms with Crippen molar-refractivity contribution in [2.75, 3.05) is 13.6 Å². The Morgan fingerprint density at radius 3 is 2.24 bits per heavy atom. The Kier molecular flexibility index (Phi) is 5.92. The van der Waals surface area contributed by atoms with Gasteiger partial charge in [-0.1, -0.05) is 13.8 Å². The average molecular weight is 246 g/mol. The maximum atomic E-state index is 11.7. The molecule has 3 N–H and O–H groups in total. The first-order valence-corrected chi connectivity index (χ1v) is 5.92. The second-order valence-corrected chi connectivity index (χ2v) is 5.76. The van der Waals surface area contributed by atoms with Crippen molar-refractivity contribution in [2.45, 2.75) is 52.4 Å². The molecule has 2 atom stereocenters. The van der Waals surface area contributed by atoms with Crippen LogP contribution in [0.3, 0.4) is 0 Å². The fourth-order valence-corrected chi connectivity index (χ4v) is 1.33. The number of carbonyl (C=O) groups is 1. The van der Waals surface area contributed by atoms with Crippen molar-refractivity contribution in [1.29, 1.82) is 0 Å². The zero-order valence-corrected chi connectivity index (χ0v) is 11.7. The molecule has 0 bridgehead atoms. The molecule has 5 nitrogen and oxygen atoms in total. The number of aliphatic hydroxyl groups is 1. The molecular weight excluding hydrogens is 220 g/mol. The highest BCUT2D eigenvalue weighted by Crippen LogP contribution is 2.10. The van der Waals surface area contributed by atoms with Gasteiger partial charge in [-0.05, 0) is 26.7 Å². The maximum absolute atomic E-state index is 11.7. The van der Waals surface area contributed by atoms with E-state index in [2.05, 4.69) is 0 Å². The van der Waals surface area contributed by atoms with Crippen molar-refractivity contribution in [2.24, 2.45) is 11.7 Å². The van der Waals surface area contributed by atoms with Crippen LogP contribution in [0, 0.1) is 5.92 Å². The Bertz CT molecular complexity index is 249. The molecule has 0 saturated carbocycles. The van der Waals surface area contributed by atoms with E-state index in [0.717, 1.165) is 0 Å². The Labute approximate surface area is 104 Å². The molecule has 0 saturated heterocycles. The fraction of sp³-hybridized carbons (Fsp3) is 0.917. The van der Waals surface area contributed by atoms with Gasteiger partial charge in [-0.3, -0.25) is 0 Å². The molecule has 0 aliphatic carbocycles. The lowest BCUT2D eigenvalue weighted by Crippen LogP contribution is -2.48. The van der Waals surface area contributed by atoms with Gasteiger partial charge in [0.05, 0.1) is 6.10 Å². The minimum Gasteiger partial charge on any atom is -0.444 e. The summed E-state index contributed by atoms with van der Waals surface area (Å²) in [6.45, 7) is 9.47. The number of ether oxygens (including phenoxy) is 1. The van der Waals surface area contributed by atoms with Crippen LogP contribution < -0.4 is 5.73 Å². The summed E-state index contributed by atoms with van der Waals surface area (Å²) in [5.74, 6) is 0.0667. The lowest BCUT2D eigenvalue weighted by Gasteiger charge is -2.29. The van der Waals surface area contributed by atoms with Gasteiger partial charge in [-0.2, -0.15) is 0 Å². The van der Waals surface area contributed by atoms with Gasteiger partial charge < -0.3 is 20.5 Å². The predicted molar refractivity (Wildman–Crippen MR) is 67.7 cm³/mol. The number of hydrogen-bond donors (Lipinski definition) is 2. The Morgan fingerprint density at radius 2 is 1.88 bits per heavy atom. The van der Waals surface area contributed by atoms with E-state index in [9.17, 15) is 9.90 Å². The highest BCUT2D eigenvalue weighted by atomic mass is 16.6. The van der Waals surface area contributed by atoms with Crippen molar-refractivity contribution in [3.63, 3.8) is 0 Å². The van der Waals surface area contributed by atoms with Crippen molar-refractivity contribution < 1.29 is 14.6 Å². The van der Waals surface area contributed by atoms with E-state index in [1.807, 2.05) is 34.6 Å². The monoisotopic (exact) mass is 246 g/mol. The molecule has 0 spiro atoms. The normalized spacial score (nSPS) is 15.6. The summed E-state index contributed by atoms with van der Waals surface area (Å²) in [4.78, 5) is 13.0. The smallest absolute Gasteiger partial charge is 0.410 e. The minimum atomic E-state index is -0.625. The van der Waals surface area contributed by atoms with Crippen LogP contribution >= 0.6 is 0 Å². The fourth-order valence-electron chi connectivity index (χ4n) is 1.33. The molecule has 0 heterocycles. The van der Waals surface area contributed by atoms with Crippen molar-refractivity contribution in [3.05, 3.63) is 0 Å². The molecule has 0 aromatic rings. The molecule has 0 aliphatic heterocycles. The molecule has 0 radical (unpaired) electrons. The van der Waals surface area contributed by atoms with Crippen LogP contribution in [0.4, 0.5) is 4.79 Å².